The number of aliphatic hydroxyl groups excluding tert-OH is 1. The highest BCUT2D eigenvalue weighted by Gasteiger charge is 1.98. The SMILES string of the molecule is CC(=N)NCCCC[C@H](N)CO. The first-order valence-electron chi connectivity index (χ1n) is 4.32. The zero-order chi connectivity index (χ0) is 9.40. The molecule has 0 rings (SSSR count). The van der Waals surface area contributed by atoms with Crippen molar-refractivity contribution < 1.29 is 5.11 Å². The van der Waals surface area contributed by atoms with Gasteiger partial charge in [-0.05, 0) is 19.8 Å². The number of amidine groups is 1. The van der Waals surface area contributed by atoms with E-state index < -0.39 is 0 Å². The van der Waals surface area contributed by atoms with E-state index in [4.69, 9.17) is 16.2 Å². The second kappa shape index (κ2) is 7.06. The van der Waals surface area contributed by atoms with Gasteiger partial charge in [0.25, 0.3) is 0 Å². The topological polar surface area (TPSA) is 82.1 Å². The van der Waals surface area contributed by atoms with Gasteiger partial charge in [-0.1, -0.05) is 6.42 Å². The van der Waals surface area contributed by atoms with Gasteiger partial charge in [-0.2, -0.15) is 0 Å². The molecule has 0 fully saturated rings. The van der Waals surface area contributed by atoms with E-state index in [9.17, 15) is 0 Å². The molecule has 0 heterocycles. The number of aliphatic hydroxyl groups is 1. The fourth-order valence-electron chi connectivity index (χ4n) is 0.899. The van der Waals surface area contributed by atoms with Crippen LogP contribution in [0.5, 0.6) is 0 Å². The summed E-state index contributed by atoms with van der Waals surface area (Å²) in [4.78, 5) is 0. The maximum absolute atomic E-state index is 8.60. The molecule has 72 valence electrons. The Labute approximate surface area is 73.7 Å². The summed E-state index contributed by atoms with van der Waals surface area (Å²) in [7, 11) is 0. The van der Waals surface area contributed by atoms with E-state index in [-0.39, 0.29) is 12.6 Å². The molecule has 4 heteroatoms. The molecule has 0 unspecified atom stereocenters. The monoisotopic (exact) mass is 173 g/mol. The molecule has 0 aliphatic heterocycles. The third kappa shape index (κ3) is 7.50. The van der Waals surface area contributed by atoms with Crippen molar-refractivity contribution in [2.45, 2.75) is 32.2 Å². The Hall–Kier alpha value is -0.610. The van der Waals surface area contributed by atoms with Crippen molar-refractivity contribution >= 4 is 5.84 Å². The molecule has 0 saturated heterocycles. The molecule has 0 radical (unpaired) electrons. The summed E-state index contributed by atoms with van der Waals surface area (Å²) >= 11 is 0. The summed E-state index contributed by atoms with van der Waals surface area (Å²) in [6.07, 6.45) is 2.86. The van der Waals surface area contributed by atoms with Crippen LogP contribution < -0.4 is 11.1 Å². The van der Waals surface area contributed by atoms with Crippen molar-refractivity contribution in [1.29, 1.82) is 5.41 Å². The second-order valence-electron chi connectivity index (χ2n) is 2.99. The minimum absolute atomic E-state index is 0.0665. The Morgan fingerprint density at radius 1 is 1.58 bits per heavy atom. The Morgan fingerprint density at radius 3 is 2.75 bits per heavy atom. The first-order valence-corrected chi connectivity index (χ1v) is 4.32. The third-order valence-corrected chi connectivity index (χ3v) is 1.63. The number of nitrogens with two attached hydrogens (primary N) is 1. The minimum atomic E-state index is -0.0777. The van der Waals surface area contributed by atoms with Crippen molar-refractivity contribution in [2.24, 2.45) is 5.73 Å². The number of hydrogen-bond acceptors (Lipinski definition) is 3. The van der Waals surface area contributed by atoms with Gasteiger partial charge < -0.3 is 16.2 Å². The quantitative estimate of drug-likeness (QED) is 0.260. The van der Waals surface area contributed by atoms with Crippen molar-refractivity contribution in [3.8, 4) is 0 Å². The molecule has 0 aromatic carbocycles. The minimum Gasteiger partial charge on any atom is -0.395 e. The predicted molar refractivity (Wildman–Crippen MR) is 50.3 cm³/mol. The fraction of sp³-hybridized carbons (Fsp3) is 0.875. The van der Waals surface area contributed by atoms with E-state index in [2.05, 4.69) is 5.32 Å². The Morgan fingerprint density at radius 2 is 2.25 bits per heavy atom. The lowest BCUT2D eigenvalue weighted by atomic mass is 10.1. The molecule has 5 N–H and O–H groups in total. The first kappa shape index (κ1) is 11.4. The van der Waals surface area contributed by atoms with Crippen LogP contribution >= 0.6 is 0 Å². The average Bonchev–Trinajstić information content (AvgIpc) is 2.03. The molecule has 0 aliphatic carbocycles. The maximum atomic E-state index is 8.60. The summed E-state index contributed by atoms with van der Waals surface area (Å²) in [6, 6.07) is -0.0777. The van der Waals surface area contributed by atoms with Crippen LogP contribution in [0.4, 0.5) is 0 Å². The molecular weight excluding hydrogens is 154 g/mol. The maximum Gasteiger partial charge on any atom is 0.0899 e. The van der Waals surface area contributed by atoms with Gasteiger partial charge in [0.1, 0.15) is 0 Å². The van der Waals surface area contributed by atoms with Gasteiger partial charge in [0.15, 0.2) is 0 Å². The summed E-state index contributed by atoms with van der Waals surface area (Å²) in [5.74, 6) is 0.501. The normalized spacial score (nSPS) is 12.6. The highest BCUT2D eigenvalue weighted by molar-refractivity contribution is 5.75. The number of unbranched alkanes of at least 4 members (excludes halogenated alkanes) is 1. The summed E-state index contributed by atoms with van der Waals surface area (Å²) < 4.78 is 0. The van der Waals surface area contributed by atoms with Crippen LogP contribution in [0.2, 0.25) is 0 Å². The zero-order valence-corrected chi connectivity index (χ0v) is 7.64. The average molecular weight is 173 g/mol. The second-order valence-corrected chi connectivity index (χ2v) is 2.99. The van der Waals surface area contributed by atoms with Gasteiger partial charge in [0, 0.05) is 12.6 Å². The van der Waals surface area contributed by atoms with E-state index in [1.165, 1.54) is 0 Å². The highest BCUT2D eigenvalue weighted by Crippen LogP contribution is 1.96. The highest BCUT2D eigenvalue weighted by atomic mass is 16.3. The van der Waals surface area contributed by atoms with Gasteiger partial charge in [-0.15, -0.1) is 0 Å². The van der Waals surface area contributed by atoms with Crippen LogP contribution in [0.15, 0.2) is 0 Å². The van der Waals surface area contributed by atoms with Crippen molar-refractivity contribution in [3.63, 3.8) is 0 Å². The molecule has 0 spiro atoms. The van der Waals surface area contributed by atoms with Crippen LogP contribution in [-0.2, 0) is 0 Å². The van der Waals surface area contributed by atoms with Crippen molar-refractivity contribution in [3.05, 3.63) is 0 Å². The molecule has 0 aliphatic rings. The van der Waals surface area contributed by atoms with E-state index in [0.29, 0.717) is 5.84 Å². The Kier molecular flexibility index (Phi) is 6.70. The van der Waals surface area contributed by atoms with Gasteiger partial charge in [-0.25, -0.2) is 0 Å². The summed E-state index contributed by atoms with van der Waals surface area (Å²) in [5.41, 5.74) is 5.50. The number of hydrogen-bond donors (Lipinski definition) is 4. The van der Waals surface area contributed by atoms with Crippen LogP contribution in [-0.4, -0.2) is 30.1 Å². The van der Waals surface area contributed by atoms with Gasteiger partial charge >= 0.3 is 0 Å². The molecule has 0 aromatic heterocycles. The lowest BCUT2D eigenvalue weighted by molar-refractivity contribution is 0.257. The number of rotatable bonds is 6. The molecule has 1 atom stereocenters. The molecule has 0 aromatic rings. The Balaban J connectivity index is 3.05. The van der Waals surface area contributed by atoms with E-state index in [0.717, 1.165) is 25.8 Å². The van der Waals surface area contributed by atoms with Gasteiger partial charge in [0.2, 0.25) is 0 Å². The van der Waals surface area contributed by atoms with Crippen LogP contribution in [0.25, 0.3) is 0 Å². The van der Waals surface area contributed by atoms with Crippen LogP contribution in [0, 0.1) is 5.41 Å². The molecule has 12 heavy (non-hydrogen) atoms. The largest absolute Gasteiger partial charge is 0.395 e. The molecular formula is C8H19N3O. The van der Waals surface area contributed by atoms with E-state index >= 15 is 0 Å². The smallest absolute Gasteiger partial charge is 0.0899 e. The summed E-state index contributed by atoms with van der Waals surface area (Å²) in [5, 5.41) is 18.6. The van der Waals surface area contributed by atoms with Crippen molar-refractivity contribution in [2.75, 3.05) is 13.2 Å². The predicted octanol–water partition coefficient (Wildman–Crippen LogP) is 0.0631. The standard InChI is InChI=1S/C8H19N3O/c1-7(9)11-5-3-2-4-8(10)6-12/h8,12H,2-6,10H2,1H3,(H2,9,11)/t8-/m0/s1. The molecule has 4 nitrogen and oxygen atoms in total. The summed E-state index contributed by atoms with van der Waals surface area (Å²) in [6.45, 7) is 2.62. The van der Waals surface area contributed by atoms with Crippen LogP contribution in [0.1, 0.15) is 26.2 Å². The first-order chi connectivity index (χ1) is 5.66. The lowest BCUT2D eigenvalue weighted by Gasteiger charge is -2.07. The fourth-order valence-corrected chi connectivity index (χ4v) is 0.899. The molecule has 0 saturated carbocycles. The number of nitrogens with one attached hydrogen (secondary N) is 2. The Bertz CT molecular complexity index is 127. The van der Waals surface area contributed by atoms with Gasteiger partial charge in [-0.3, -0.25) is 5.41 Å². The lowest BCUT2D eigenvalue weighted by Crippen LogP contribution is -2.25. The van der Waals surface area contributed by atoms with E-state index in [1.54, 1.807) is 6.92 Å². The van der Waals surface area contributed by atoms with E-state index in [1.807, 2.05) is 0 Å². The zero-order valence-electron chi connectivity index (χ0n) is 7.64. The van der Waals surface area contributed by atoms with Crippen molar-refractivity contribution in [1.82, 2.24) is 5.32 Å². The molecule has 0 bridgehead atoms. The van der Waals surface area contributed by atoms with Crippen LogP contribution in [0.3, 0.4) is 0 Å². The van der Waals surface area contributed by atoms with Gasteiger partial charge in [0.05, 0.1) is 12.4 Å². The third-order valence-electron chi connectivity index (χ3n) is 1.63. The molecule has 0 amide bonds.